The lowest BCUT2D eigenvalue weighted by molar-refractivity contribution is 0.347. The molecule has 0 aromatic carbocycles. The minimum atomic E-state index is 0.869. The number of rotatable bonds is 2. The number of likely N-dealkylation sites (tertiary alicyclic amines) is 1. The van der Waals surface area contributed by atoms with Crippen molar-refractivity contribution in [2.24, 2.45) is 5.92 Å². The molecule has 0 aromatic heterocycles. The molecule has 0 spiro atoms. The largest absolute Gasteiger partial charge is 0.303 e. The fourth-order valence-corrected chi connectivity index (χ4v) is 1.65. The van der Waals surface area contributed by atoms with Crippen molar-refractivity contribution >= 4 is 12.6 Å². The van der Waals surface area contributed by atoms with Gasteiger partial charge in [0.25, 0.3) is 0 Å². The molecule has 1 nitrogen and oxygen atoms in total. The molecule has 1 rings (SSSR count). The van der Waals surface area contributed by atoms with Gasteiger partial charge in [-0.05, 0) is 31.2 Å². The van der Waals surface area contributed by atoms with E-state index in [4.69, 9.17) is 0 Å². The van der Waals surface area contributed by atoms with Gasteiger partial charge in [0.15, 0.2) is 0 Å². The summed E-state index contributed by atoms with van der Waals surface area (Å²) >= 11 is 4.27. The standard InChI is InChI=1S/C7H15NS.C3H8/c1-2-8-4-3-7(5-8)6-9;1-3-2/h7,9H,2-6H2,1H3;3H2,1-2H3. The molecular weight excluding hydrogens is 166 g/mol. The molecule has 1 unspecified atom stereocenters. The summed E-state index contributed by atoms with van der Waals surface area (Å²) in [6, 6.07) is 0. The van der Waals surface area contributed by atoms with Crippen LogP contribution in [0.2, 0.25) is 0 Å². The maximum absolute atomic E-state index is 4.27. The zero-order valence-electron chi connectivity index (χ0n) is 8.71. The second kappa shape index (κ2) is 7.93. The van der Waals surface area contributed by atoms with Crippen molar-refractivity contribution in [1.29, 1.82) is 0 Å². The van der Waals surface area contributed by atoms with Crippen LogP contribution in [-0.4, -0.2) is 30.3 Å². The van der Waals surface area contributed by atoms with E-state index in [-0.39, 0.29) is 0 Å². The van der Waals surface area contributed by atoms with Gasteiger partial charge in [0.1, 0.15) is 0 Å². The number of hydrogen-bond donors (Lipinski definition) is 1. The molecule has 0 saturated carbocycles. The van der Waals surface area contributed by atoms with E-state index in [2.05, 4.69) is 38.3 Å². The summed E-state index contributed by atoms with van der Waals surface area (Å²) in [4.78, 5) is 2.49. The Morgan fingerprint density at radius 1 is 1.33 bits per heavy atom. The van der Waals surface area contributed by atoms with Crippen LogP contribution in [0.15, 0.2) is 0 Å². The van der Waals surface area contributed by atoms with Gasteiger partial charge in [-0.15, -0.1) is 0 Å². The van der Waals surface area contributed by atoms with E-state index in [1.165, 1.54) is 32.5 Å². The van der Waals surface area contributed by atoms with E-state index in [1.807, 2.05) is 0 Å². The molecular formula is C10H23NS. The number of hydrogen-bond acceptors (Lipinski definition) is 2. The van der Waals surface area contributed by atoms with E-state index in [9.17, 15) is 0 Å². The summed E-state index contributed by atoms with van der Waals surface area (Å²) in [6.45, 7) is 10.3. The van der Waals surface area contributed by atoms with Crippen molar-refractivity contribution in [2.45, 2.75) is 33.6 Å². The van der Waals surface area contributed by atoms with Crippen molar-refractivity contribution < 1.29 is 0 Å². The quantitative estimate of drug-likeness (QED) is 0.654. The predicted octanol–water partition coefficient (Wildman–Crippen LogP) is 2.67. The van der Waals surface area contributed by atoms with Crippen LogP contribution in [0.4, 0.5) is 0 Å². The third kappa shape index (κ3) is 5.04. The highest BCUT2D eigenvalue weighted by Gasteiger charge is 2.18. The first-order valence-electron chi connectivity index (χ1n) is 5.11. The summed E-state index contributed by atoms with van der Waals surface area (Å²) in [5.41, 5.74) is 0. The molecule has 0 aromatic rings. The fraction of sp³-hybridized carbons (Fsp3) is 1.00. The van der Waals surface area contributed by atoms with Gasteiger partial charge in [-0.25, -0.2) is 0 Å². The second-order valence-electron chi connectivity index (χ2n) is 3.44. The van der Waals surface area contributed by atoms with Crippen LogP contribution in [0.25, 0.3) is 0 Å². The molecule has 74 valence electrons. The summed E-state index contributed by atoms with van der Waals surface area (Å²) in [7, 11) is 0. The van der Waals surface area contributed by atoms with Crippen LogP contribution in [0.1, 0.15) is 33.6 Å². The van der Waals surface area contributed by atoms with Crippen LogP contribution < -0.4 is 0 Å². The smallest absolute Gasteiger partial charge is 0.00178 e. The van der Waals surface area contributed by atoms with Crippen molar-refractivity contribution in [3.05, 3.63) is 0 Å². The lowest BCUT2D eigenvalue weighted by Gasteiger charge is -2.10. The molecule has 2 heteroatoms. The summed E-state index contributed by atoms with van der Waals surface area (Å²) in [6.07, 6.45) is 2.61. The molecule has 0 aliphatic carbocycles. The fourth-order valence-electron chi connectivity index (χ4n) is 1.35. The van der Waals surface area contributed by atoms with Crippen LogP contribution in [-0.2, 0) is 0 Å². The minimum absolute atomic E-state index is 0.869. The monoisotopic (exact) mass is 189 g/mol. The molecule has 1 aliphatic heterocycles. The Labute approximate surface area is 82.9 Å². The Balaban J connectivity index is 0.000000354. The summed E-state index contributed by atoms with van der Waals surface area (Å²) in [5, 5.41) is 0. The van der Waals surface area contributed by atoms with E-state index in [0.29, 0.717) is 0 Å². The van der Waals surface area contributed by atoms with E-state index < -0.39 is 0 Å². The van der Waals surface area contributed by atoms with Crippen LogP contribution >= 0.6 is 12.6 Å². The molecule has 0 radical (unpaired) electrons. The van der Waals surface area contributed by atoms with Gasteiger partial charge in [-0.3, -0.25) is 0 Å². The van der Waals surface area contributed by atoms with Crippen molar-refractivity contribution in [2.75, 3.05) is 25.4 Å². The third-order valence-corrected chi connectivity index (χ3v) is 2.59. The molecule has 0 amide bonds. The Hall–Kier alpha value is 0.310. The van der Waals surface area contributed by atoms with Crippen molar-refractivity contribution in [3.63, 3.8) is 0 Å². The van der Waals surface area contributed by atoms with Gasteiger partial charge in [0, 0.05) is 6.54 Å². The highest BCUT2D eigenvalue weighted by Crippen LogP contribution is 2.15. The average molecular weight is 189 g/mol. The van der Waals surface area contributed by atoms with Crippen LogP contribution in [0, 0.1) is 5.92 Å². The molecule has 0 N–H and O–H groups in total. The maximum Gasteiger partial charge on any atom is 0.00178 e. The molecule has 0 bridgehead atoms. The number of nitrogens with zero attached hydrogens (tertiary/aromatic N) is 1. The topological polar surface area (TPSA) is 3.24 Å². The number of thiol groups is 1. The predicted molar refractivity (Wildman–Crippen MR) is 60.0 cm³/mol. The SMILES string of the molecule is CCC.CCN1CCC(CS)C1. The first kappa shape index (κ1) is 12.3. The molecule has 12 heavy (non-hydrogen) atoms. The maximum atomic E-state index is 4.27. The van der Waals surface area contributed by atoms with Gasteiger partial charge in [-0.1, -0.05) is 27.2 Å². The lowest BCUT2D eigenvalue weighted by atomic mass is 10.2. The third-order valence-electron chi connectivity index (χ3n) is 2.08. The lowest BCUT2D eigenvalue weighted by Crippen LogP contribution is -2.19. The summed E-state index contributed by atoms with van der Waals surface area (Å²) < 4.78 is 0. The van der Waals surface area contributed by atoms with Gasteiger partial charge in [-0.2, -0.15) is 12.6 Å². The minimum Gasteiger partial charge on any atom is -0.303 e. The highest BCUT2D eigenvalue weighted by atomic mass is 32.1. The first-order chi connectivity index (χ1) is 5.78. The molecule has 1 fully saturated rings. The van der Waals surface area contributed by atoms with Crippen molar-refractivity contribution in [3.8, 4) is 0 Å². The first-order valence-corrected chi connectivity index (χ1v) is 5.74. The Morgan fingerprint density at radius 2 is 1.92 bits per heavy atom. The zero-order valence-corrected chi connectivity index (χ0v) is 9.61. The van der Waals surface area contributed by atoms with Gasteiger partial charge in [0.05, 0.1) is 0 Å². The normalized spacial score (nSPS) is 23.5. The van der Waals surface area contributed by atoms with Gasteiger partial charge < -0.3 is 4.90 Å². The molecule has 1 atom stereocenters. The highest BCUT2D eigenvalue weighted by molar-refractivity contribution is 7.80. The van der Waals surface area contributed by atoms with Gasteiger partial charge >= 0.3 is 0 Å². The van der Waals surface area contributed by atoms with Gasteiger partial charge in [0.2, 0.25) is 0 Å². The van der Waals surface area contributed by atoms with E-state index >= 15 is 0 Å². The summed E-state index contributed by atoms with van der Waals surface area (Å²) in [5.74, 6) is 1.93. The zero-order chi connectivity index (χ0) is 9.40. The molecule has 1 saturated heterocycles. The van der Waals surface area contributed by atoms with Crippen molar-refractivity contribution in [1.82, 2.24) is 4.90 Å². The van der Waals surface area contributed by atoms with Crippen LogP contribution in [0.3, 0.4) is 0 Å². The van der Waals surface area contributed by atoms with E-state index in [1.54, 1.807) is 0 Å². The van der Waals surface area contributed by atoms with E-state index in [0.717, 1.165) is 11.7 Å². The Morgan fingerprint density at radius 3 is 2.17 bits per heavy atom. The Kier molecular flexibility index (Phi) is 8.14. The molecule has 1 heterocycles. The average Bonchev–Trinajstić information content (AvgIpc) is 2.53. The molecule has 1 aliphatic rings. The Bertz CT molecular complexity index is 85.8. The van der Waals surface area contributed by atoms with Crippen LogP contribution in [0.5, 0.6) is 0 Å². The second-order valence-corrected chi connectivity index (χ2v) is 3.80.